The summed E-state index contributed by atoms with van der Waals surface area (Å²) in [4.78, 5) is 15.8. The van der Waals surface area contributed by atoms with Crippen LogP contribution in [0, 0.1) is 0 Å². The normalized spacial score (nSPS) is 9.83. The van der Waals surface area contributed by atoms with Gasteiger partial charge >= 0.3 is 0 Å². The summed E-state index contributed by atoms with van der Waals surface area (Å²) in [5.74, 6) is -0.0746. The van der Waals surface area contributed by atoms with Crippen molar-refractivity contribution in [2.24, 2.45) is 0 Å². The lowest BCUT2D eigenvalue weighted by Gasteiger charge is -2.06. The Kier molecular flexibility index (Phi) is 3.91. The van der Waals surface area contributed by atoms with Gasteiger partial charge in [0.15, 0.2) is 0 Å². The van der Waals surface area contributed by atoms with E-state index in [4.69, 9.17) is 0 Å². The first kappa shape index (κ1) is 12.1. The zero-order valence-electron chi connectivity index (χ0n) is 10.2. The van der Waals surface area contributed by atoms with E-state index in [9.17, 15) is 4.79 Å². The van der Waals surface area contributed by atoms with Gasteiger partial charge in [-0.05, 0) is 42.0 Å². The first-order valence-electron chi connectivity index (χ1n) is 5.74. The Morgan fingerprint density at radius 1 is 1.11 bits per heavy atom. The number of amides is 1. The van der Waals surface area contributed by atoms with E-state index >= 15 is 0 Å². The third kappa shape index (κ3) is 3.07. The van der Waals surface area contributed by atoms with Crippen LogP contribution in [0.25, 0.3) is 0 Å². The number of hydrogen-bond donors (Lipinski definition) is 2. The van der Waals surface area contributed by atoms with E-state index in [1.165, 1.54) is 0 Å². The molecule has 0 bridgehead atoms. The molecule has 4 nitrogen and oxygen atoms in total. The first-order chi connectivity index (χ1) is 8.79. The van der Waals surface area contributed by atoms with Gasteiger partial charge in [0.2, 0.25) is 0 Å². The van der Waals surface area contributed by atoms with E-state index in [0.717, 1.165) is 11.3 Å². The van der Waals surface area contributed by atoms with Crippen molar-refractivity contribution in [3.63, 3.8) is 0 Å². The van der Waals surface area contributed by atoms with Crippen LogP contribution in [-0.2, 0) is 6.54 Å². The van der Waals surface area contributed by atoms with E-state index in [2.05, 4.69) is 15.6 Å². The van der Waals surface area contributed by atoms with E-state index in [0.29, 0.717) is 12.1 Å². The molecule has 0 atom stereocenters. The summed E-state index contributed by atoms with van der Waals surface area (Å²) < 4.78 is 0. The van der Waals surface area contributed by atoms with Crippen LogP contribution in [0.15, 0.2) is 48.8 Å². The molecule has 4 heteroatoms. The molecule has 0 unspecified atom stereocenters. The summed E-state index contributed by atoms with van der Waals surface area (Å²) in [6.07, 6.45) is 3.42. The van der Waals surface area contributed by atoms with Crippen molar-refractivity contribution in [2.45, 2.75) is 6.54 Å². The quantitative estimate of drug-likeness (QED) is 0.861. The summed E-state index contributed by atoms with van der Waals surface area (Å²) >= 11 is 0. The molecule has 0 aliphatic rings. The van der Waals surface area contributed by atoms with Gasteiger partial charge in [-0.3, -0.25) is 9.78 Å². The average molecular weight is 241 g/mol. The molecule has 0 aliphatic heterocycles. The molecule has 0 spiro atoms. The highest BCUT2D eigenvalue weighted by molar-refractivity contribution is 5.94. The second-order valence-electron chi connectivity index (χ2n) is 3.87. The van der Waals surface area contributed by atoms with Gasteiger partial charge in [0.05, 0.1) is 0 Å². The molecule has 1 aromatic carbocycles. The molecule has 0 saturated heterocycles. The molecule has 0 saturated carbocycles. The number of anilines is 1. The molecule has 92 valence electrons. The number of carbonyl (C=O) groups excluding carboxylic acids is 1. The van der Waals surface area contributed by atoms with Crippen molar-refractivity contribution in [2.75, 3.05) is 12.4 Å². The van der Waals surface area contributed by atoms with Gasteiger partial charge in [-0.1, -0.05) is 0 Å². The zero-order chi connectivity index (χ0) is 12.8. The minimum absolute atomic E-state index is 0.0746. The minimum atomic E-state index is -0.0746. The molecule has 1 amide bonds. The maximum absolute atomic E-state index is 11.9. The Bertz CT molecular complexity index is 508. The van der Waals surface area contributed by atoms with E-state index in [-0.39, 0.29) is 5.91 Å². The fourth-order valence-corrected chi connectivity index (χ4v) is 1.57. The smallest absolute Gasteiger partial charge is 0.251 e. The molecule has 1 aromatic heterocycles. The van der Waals surface area contributed by atoms with Gasteiger partial charge in [-0.15, -0.1) is 0 Å². The molecule has 1 heterocycles. The van der Waals surface area contributed by atoms with Crippen molar-refractivity contribution >= 4 is 11.6 Å². The van der Waals surface area contributed by atoms with Crippen molar-refractivity contribution in [1.29, 1.82) is 0 Å². The number of nitrogens with one attached hydrogen (secondary N) is 2. The van der Waals surface area contributed by atoms with Crippen LogP contribution in [0.3, 0.4) is 0 Å². The lowest BCUT2D eigenvalue weighted by Crippen LogP contribution is -2.22. The molecule has 0 radical (unpaired) electrons. The number of pyridine rings is 1. The topological polar surface area (TPSA) is 54.0 Å². The fourth-order valence-electron chi connectivity index (χ4n) is 1.57. The number of rotatable bonds is 4. The predicted molar refractivity (Wildman–Crippen MR) is 71.4 cm³/mol. The molecule has 2 N–H and O–H groups in total. The molecule has 18 heavy (non-hydrogen) atoms. The molecule has 2 rings (SSSR count). The standard InChI is InChI=1S/C14H15N3O/c1-15-13-4-2-12(3-5-13)14(18)17-10-11-6-8-16-9-7-11/h2-9,15H,10H2,1H3,(H,17,18). The van der Waals surface area contributed by atoms with Gasteiger partial charge in [0.25, 0.3) is 5.91 Å². The van der Waals surface area contributed by atoms with Crippen molar-refractivity contribution in [3.8, 4) is 0 Å². The summed E-state index contributed by atoms with van der Waals surface area (Å²) in [7, 11) is 1.85. The van der Waals surface area contributed by atoms with Crippen LogP contribution in [-0.4, -0.2) is 17.9 Å². The van der Waals surface area contributed by atoms with Gasteiger partial charge in [-0.25, -0.2) is 0 Å². The molecule has 0 aliphatic carbocycles. The monoisotopic (exact) mass is 241 g/mol. The van der Waals surface area contributed by atoms with Gasteiger partial charge in [-0.2, -0.15) is 0 Å². The number of hydrogen-bond acceptors (Lipinski definition) is 3. The Labute approximate surface area is 106 Å². The molecular formula is C14H15N3O. The second-order valence-corrected chi connectivity index (χ2v) is 3.87. The predicted octanol–water partition coefficient (Wildman–Crippen LogP) is 2.05. The average Bonchev–Trinajstić information content (AvgIpc) is 2.46. The van der Waals surface area contributed by atoms with Crippen LogP contribution < -0.4 is 10.6 Å². The van der Waals surface area contributed by atoms with Crippen molar-refractivity contribution < 1.29 is 4.79 Å². The highest BCUT2D eigenvalue weighted by Crippen LogP contribution is 2.08. The largest absolute Gasteiger partial charge is 0.388 e. The lowest BCUT2D eigenvalue weighted by atomic mass is 10.2. The van der Waals surface area contributed by atoms with E-state index in [1.54, 1.807) is 24.5 Å². The second kappa shape index (κ2) is 5.82. The van der Waals surface area contributed by atoms with Crippen molar-refractivity contribution in [1.82, 2.24) is 10.3 Å². The summed E-state index contributed by atoms with van der Waals surface area (Å²) in [5.41, 5.74) is 2.67. The van der Waals surface area contributed by atoms with Crippen LogP contribution in [0.2, 0.25) is 0 Å². The highest BCUT2D eigenvalue weighted by Gasteiger charge is 2.04. The third-order valence-electron chi connectivity index (χ3n) is 2.64. The number of nitrogens with zero attached hydrogens (tertiary/aromatic N) is 1. The van der Waals surface area contributed by atoms with Gasteiger partial charge in [0, 0.05) is 37.2 Å². The summed E-state index contributed by atoms with van der Waals surface area (Å²) in [5, 5.41) is 5.88. The SMILES string of the molecule is CNc1ccc(C(=O)NCc2ccncc2)cc1. The Morgan fingerprint density at radius 3 is 2.39 bits per heavy atom. The summed E-state index contributed by atoms with van der Waals surface area (Å²) in [6, 6.07) is 11.1. The third-order valence-corrected chi connectivity index (χ3v) is 2.64. The fraction of sp³-hybridized carbons (Fsp3) is 0.143. The van der Waals surface area contributed by atoms with E-state index in [1.807, 2.05) is 31.3 Å². The highest BCUT2D eigenvalue weighted by atomic mass is 16.1. The Balaban J connectivity index is 1.95. The Hall–Kier alpha value is -2.36. The van der Waals surface area contributed by atoms with Gasteiger partial charge in [0.1, 0.15) is 0 Å². The first-order valence-corrected chi connectivity index (χ1v) is 5.74. The number of carbonyl (C=O) groups is 1. The summed E-state index contributed by atoms with van der Waals surface area (Å²) in [6.45, 7) is 0.509. The lowest BCUT2D eigenvalue weighted by molar-refractivity contribution is 0.0951. The molecule has 0 fully saturated rings. The maximum atomic E-state index is 11.9. The minimum Gasteiger partial charge on any atom is -0.388 e. The van der Waals surface area contributed by atoms with E-state index < -0.39 is 0 Å². The van der Waals surface area contributed by atoms with Crippen LogP contribution in [0.5, 0.6) is 0 Å². The van der Waals surface area contributed by atoms with Crippen molar-refractivity contribution in [3.05, 3.63) is 59.9 Å². The van der Waals surface area contributed by atoms with Crippen LogP contribution >= 0.6 is 0 Å². The molecular weight excluding hydrogens is 226 g/mol. The number of benzene rings is 1. The maximum Gasteiger partial charge on any atom is 0.251 e. The van der Waals surface area contributed by atoms with Crippen LogP contribution in [0.1, 0.15) is 15.9 Å². The number of aromatic nitrogens is 1. The Morgan fingerprint density at radius 2 is 1.78 bits per heavy atom. The molecule has 2 aromatic rings. The zero-order valence-corrected chi connectivity index (χ0v) is 10.2. The van der Waals surface area contributed by atoms with Gasteiger partial charge < -0.3 is 10.6 Å². The van der Waals surface area contributed by atoms with Crippen LogP contribution in [0.4, 0.5) is 5.69 Å².